The van der Waals surface area contributed by atoms with Crippen molar-refractivity contribution < 1.29 is 4.79 Å². The molecule has 1 aromatic carbocycles. The molecule has 0 saturated carbocycles. The van der Waals surface area contributed by atoms with Crippen LogP contribution in [0, 0.1) is 0 Å². The summed E-state index contributed by atoms with van der Waals surface area (Å²) in [6, 6.07) is 15.9. The number of nitrogens with one attached hydrogen (secondary N) is 2. The number of amides is 1. The first-order valence-electron chi connectivity index (χ1n) is 9.01. The summed E-state index contributed by atoms with van der Waals surface area (Å²) in [7, 11) is 0. The molecule has 1 aliphatic rings. The monoisotopic (exact) mass is 349 g/mol. The van der Waals surface area contributed by atoms with E-state index in [1.165, 1.54) is 5.69 Å². The van der Waals surface area contributed by atoms with Crippen LogP contribution in [-0.4, -0.2) is 41.7 Å². The second-order valence-corrected chi connectivity index (χ2v) is 6.62. The zero-order valence-corrected chi connectivity index (χ0v) is 14.9. The third-order valence-corrected chi connectivity index (χ3v) is 4.83. The Kier molecular flexibility index (Phi) is 4.58. The molecule has 26 heavy (non-hydrogen) atoms. The van der Waals surface area contributed by atoms with E-state index in [-0.39, 0.29) is 11.9 Å². The molecule has 3 heterocycles. The van der Waals surface area contributed by atoms with E-state index in [4.69, 9.17) is 0 Å². The van der Waals surface area contributed by atoms with Crippen LogP contribution < -0.4 is 15.5 Å². The number of hydrogen-bond acceptors (Lipinski definition) is 4. The topological polar surface area (TPSA) is 61.7 Å². The maximum atomic E-state index is 12.5. The summed E-state index contributed by atoms with van der Waals surface area (Å²) in [5, 5.41) is 10.7. The highest BCUT2D eigenvalue weighted by molar-refractivity contribution is 5.93. The second-order valence-electron chi connectivity index (χ2n) is 6.62. The molecule has 1 fully saturated rings. The number of carbonyl (C=O) groups excluding carboxylic acids is 1. The van der Waals surface area contributed by atoms with E-state index in [0.29, 0.717) is 5.69 Å². The van der Waals surface area contributed by atoms with Gasteiger partial charge in [0.15, 0.2) is 5.69 Å². The molecular formula is C20H23N5O. The third-order valence-electron chi connectivity index (χ3n) is 4.83. The van der Waals surface area contributed by atoms with Crippen molar-refractivity contribution in [3.63, 3.8) is 0 Å². The number of fused-ring (bicyclic) bond motifs is 1. The van der Waals surface area contributed by atoms with E-state index < -0.39 is 0 Å². The lowest BCUT2D eigenvalue weighted by atomic mass is 10.1. The van der Waals surface area contributed by atoms with Gasteiger partial charge in [0, 0.05) is 38.1 Å². The highest BCUT2D eigenvalue weighted by atomic mass is 16.2. The number of rotatable bonds is 4. The van der Waals surface area contributed by atoms with Gasteiger partial charge in [-0.15, -0.1) is 0 Å². The van der Waals surface area contributed by atoms with E-state index in [9.17, 15) is 4.79 Å². The Balaban J connectivity index is 1.43. The van der Waals surface area contributed by atoms with Crippen LogP contribution in [0.3, 0.4) is 0 Å². The zero-order valence-electron chi connectivity index (χ0n) is 14.9. The molecule has 2 N–H and O–H groups in total. The van der Waals surface area contributed by atoms with Crippen LogP contribution in [0.15, 0.2) is 54.7 Å². The molecule has 1 amide bonds. The van der Waals surface area contributed by atoms with Gasteiger partial charge in [-0.2, -0.15) is 5.10 Å². The minimum Gasteiger partial charge on any atom is -0.369 e. The van der Waals surface area contributed by atoms with E-state index in [1.807, 2.05) is 31.3 Å². The van der Waals surface area contributed by atoms with Gasteiger partial charge < -0.3 is 15.5 Å². The summed E-state index contributed by atoms with van der Waals surface area (Å²) in [6.45, 7) is 6.09. The summed E-state index contributed by atoms with van der Waals surface area (Å²) in [5.41, 5.74) is 3.65. The summed E-state index contributed by atoms with van der Waals surface area (Å²) in [5.74, 6) is -0.160. The molecule has 0 spiro atoms. The van der Waals surface area contributed by atoms with Crippen LogP contribution in [0.5, 0.6) is 0 Å². The Morgan fingerprint density at radius 3 is 2.65 bits per heavy atom. The van der Waals surface area contributed by atoms with Crippen molar-refractivity contribution in [2.24, 2.45) is 0 Å². The first kappa shape index (κ1) is 16.6. The number of aromatic nitrogens is 2. The molecule has 6 heteroatoms. The molecule has 3 aromatic rings. The third kappa shape index (κ3) is 3.41. The largest absolute Gasteiger partial charge is 0.369 e. The van der Waals surface area contributed by atoms with Crippen LogP contribution in [0.4, 0.5) is 5.69 Å². The molecule has 2 aromatic heterocycles. The minimum absolute atomic E-state index is 0.0793. The summed E-state index contributed by atoms with van der Waals surface area (Å²) in [6.07, 6.45) is 1.84. The molecule has 0 aliphatic carbocycles. The molecule has 0 unspecified atom stereocenters. The van der Waals surface area contributed by atoms with Gasteiger partial charge >= 0.3 is 0 Å². The molecular weight excluding hydrogens is 326 g/mol. The molecule has 1 atom stereocenters. The lowest BCUT2D eigenvalue weighted by molar-refractivity contribution is 0.0934. The zero-order chi connectivity index (χ0) is 17.9. The molecule has 0 bridgehead atoms. The van der Waals surface area contributed by atoms with Crippen LogP contribution >= 0.6 is 0 Å². The Hall–Kier alpha value is -2.86. The number of benzene rings is 1. The first-order valence-corrected chi connectivity index (χ1v) is 9.01. The lowest BCUT2D eigenvalue weighted by Gasteiger charge is -2.29. The number of nitrogens with zero attached hydrogens (tertiary/aromatic N) is 3. The first-order chi connectivity index (χ1) is 12.7. The molecule has 134 valence electrons. The molecule has 6 nitrogen and oxygen atoms in total. The van der Waals surface area contributed by atoms with E-state index in [2.05, 4.69) is 44.9 Å². The average Bonchev–Trinajstić information content (AvgIpc) is 3.13. The summed E-state index contributed by atoms with van der Waals surface area (Å²) >= 11 is 0. The molecule has 1 saturated heterocycles. The van der Waals surface area contributed by atoms with E-state index in [1.54, 1.807) is 10.6 Å². The fraction of sp³-hybridized carbons (Fsp3) is 0.300. The van der Waals surface area contributed by atoms with Gasteiger partial charge in [-0.25, -0.2) is 4.52 Å². The fourth-order valence-corrected chi connectivity index (χ4v) is 3.30. The lowest BCUT2D eigenvalue weighted by Crippen LogP contribution is -2.43. The van der Waals surface area contributed by atoms with Crippen molar-refractivity contribution in [1.82, 2.24) is 20.2 Å². The van der Waals surface area contributed by atoms with Crippen molar-refractivity contribution in [3.8, 4) is 0 Å². The number of hydrogen-bond donors (Lipinski definition) is 2. The van der Waals surface area contributed by atoms with Crippen LogP contribution in [-0.2, 0) is 0 Å². The van der Waals surface area contributed by atoms with E-state index >= 15 is 0 Å². The van der Waals surface area contributed by atoms with Crippen molar-refractivity contribution >= 4 is 17.1 Å². The van der Waals surface area contributed by atoms with Gasteiger partial charge in [-0.3, -0.25) is 4.79 Å². The van der Waals surface area contributed by atoms with Crippen LogP contribution in [0.1, 0.15) is 29.0 Å². The quantitative estimate of drug-likeness (QED) is 0.758. The summed E-state index contributed by atoms with van der Waals surface area (Å²) < 4.78 is 1.71. The highest BCUT2D eigenvalue weighted by Crippen LogP contribution is 2.20. The van der Waals surface area contributed by atoms with Crippen molar-refractivity contribution in [2.45, 2.75) is 13.0 Å². The highest BCUT2D eigenvalue weighted by Gasteiger charge is 2.15. The molecule has 1 aliphatic heterocycles. The van der Waals surface area contributed by atoms with Gasteiger partial charge in [0.25, 0.3) is 5.91 Å². The van der Waals surface area contributed by atoms with E-state index in [0.717, 1.165) is 37.3 Å². The fourth-order valence-electron chi connectivity index (χ4n) is 3.30. The van der Waals surface area contributed by atoms with Crippen molar-refractivity contribution in [3.05, 3.63) is 66.0 Å². The Labute approximate surface area is 152 Å². The number of anilines is 1. The van der Waals surface area contributed by atoms with Gasteiger partial charge in [0.2, 0.25) is 0 Å². The maximum absolute atomic E-state index is 12.5. The van der Waals surface area contributed by atoms with Crippen molar-refractivity contribution in [1.29, 1.82) is 0 Å². The Bertz CT molecular complexity index is 863. The Morgan fingerprint density at radius 1 is 1.15 bits per heavy atom. The maximum Gasteiger partial charge on any atom is 0.272 e. The Morgan fingerprint density at radius 2 is 1.92 bits per heavy atom. The molecule has 4 rings (SSSR count). The van der Waals surface area contributed by atoms with Crippen LogP contribution in [0.25, 0.3) is 5.52 Å². The second kappa shape index (κ2) is 7.17. The SMILES string of the molecule is C[C@@H](NC(=O)c1cc2ccccn2n1)c1ccc(N2CCNCC2)cc1. The van der Waals surface area contributed by atoms with Crippen LogP contribution in [0.2, 0.25) is 0 Å². The number of piperazine rings is 1. The normalized spacial score (nSPS) is 15.8. The number of pyridine rings is 1. The van der Waals surface area contributed by atoms with Crippen molar-refractivity contribution in [2.75, 3.05) is 31.1 Å². The van der Waals surface area contributed by atoms with Gasteiger partial charge in [0.05, 0.1) is 11.6 Å². The summed E-state index contributed by atoms with van der Waals surface area (Å²) in [4.78, 5) is 14.9. The number of carbonyl (C=O) groups is 1. The predicted molar refractivity (Wildman–Crippen MR) is 103 cm³/mol. The smallest absolute Gasteiger partial charge is 0.272 e. The van der Waals surface area contributed by atoms with Gasteiger partial charge in [-0.05, 0) is 42.8 Å². The average molecular weight is 349 g/mol. The standard InChI is InChI=1S/C20H23N5O/c1-15(16-5-7-17(8-6-16)24-12-9-21-10-13-24)22-20(26)19-14-18-4-2-3-11-25(18)23-19/h2-8,11,14-15,21H,9-10,12-13H2,1H3,(H,22,26)/t15-/m1/s1. The van der Waals surface area contributed by atoms with Gasteiger partial charge in [-0.1, -0.05) is 18.2 Å². The minimum atomic E-state index is -0.160. The molecule has 0 radical (unpaired) electrons. The predicted octanol–water partition coefficient (Wildman–Crippen LogP) is 2.23. The van der Waals surface area contributed by atoms with Gasteiger partial charge in [0.1, 0.15) is 0 Å².